The third kappa shape index (κ3) is 2.17. The predicted octanol–water partition coefficient (Wildman–Crippen LogP) is 3.86. The van der Waals surface area contributed by atoms with Crippen molar-refractivity contribution in [3.05, 3.63) is 64.2 Å². The Bertz CT molecular complexity index is 853. The molecule has 1 aromatic carbocycles. The van der Waals surface area contributed by atoms with E-state index in [4.69, 9.17) is 11.6 Å². The van der Waals surface area contributed by atoms with Crippen molar-refractivity contribution in [2.75, 3.05) is 0 Å². The molecule has 0 saturated heterocycles. The lowest BCUT2D eigenvalue weighted by molar-refractivity contribution is 0.103. The Balaban J connectivity index is 2.17. The molecule has 0 saturated carbocycles. The van der Waals surface area contributed by atoms with Crippen LogP contribution in [0.4, 0.5) is 13.2 Å². The van der Waals surface area contributed by atoms with Gasteiger partial charge in [-0.3, -0.25) is 4.79 Å². The summed E-state index contributed by atoms with van der Waals surface area (Å²) in [6.07, 6.45) is 2.79. The molecule has 0 bridgehead atoms. The lowest BCUT2D eigenvalue weighted by atomic mass is 10.0. The Labute approximate surface area is 121 Å². The van der Waals surface area contributed by atoms with Crippen LogP contribution in [-0.2, 0) is 0 Å². The van der Waals surface area contributed by atoms with E-state index in [1.54, 1.807) is 0 Å². The van der Waals surface area contributed by atoms with Gasteiger partial charge in [-0.1, -0.05) is 11.6 Å². The predicted molar refractivity (Wildman–Crippen MR) is 70.9 cm³/mol. The summed E-state index contributed by atoms with van der Waals surface area (Å²) in [6.45, 7) is 0. The SMILES string of the molecule is O=C(c1cc(F)c(F)c(F)c1)c1c[nH]c2nccc(Cl)c12. The zero-order valence-corrected chi connectivity index (χ0v) is 11.0. The molecule has 7 heteroatoms. The molecule has 0 unspecified atom stereocenters. The summed E-state index contributed by atoms with van der Waals surface area (Å²) in [4.78, 5) is 19.1. The quantitative estimate of drug-likeness (QED) is 0.577. The fourth-order valence-electron chi connectivity index (χ4n) is 2.04. The number of halogens is 4. The Kier molecular flexibility index (Phi) is 3.17. The number of rotatable bonds is 2. The summed E-state index contributed by atoms with van der Waals surface area (Å²) in [5.41, 5.74) is 0.162. The van der Waals surface area contributed by atoms with E-state index in [2.05, 4.69) is 9.97 Å². The molecule has 106 valence electrons. The number of benzene rings is 1. The van der Waals surface area contributed by atoms with Gasteiger partial charge in [-0.2, -0.15) is 0 Å². The smallest absolute Gasteiger partial charge is 0.195 e. The zero-order valence-electron chi connectivity index (χ0n) is 10.3. The second kappa shape index (κ2) is 4.89. The molecule has 3 rings (SSSR count). The minimum atomic E-state index is -1.62. The number of nitrogens with one attached hydrogen (secondary N) is 1. The van der Waals surface area contributed by atoms with E-state index in [1.165, 1.54) is 18.5 Å². The summed E-state index contributed by atoms with van der Waals surface area (Å²) >= 11 is 6.00. The number of hydrogen-bond donors (Lipinski definition) is 1. The third-order valence-corrected chi connectivity index (χ3v) is 3.33. The molecule has 2 heterocycles. The molecule has 3 nitrogen and oxygen atoms in total. The second-order valence-electron chi connectivity index (χ2n) is 4.30. The van der Waals surface area contributed by atoms with Gasteiger partial charge in [0.2, 0.25) is 0 Å². The number of carbonyl (C=O) groups excluding carboxylic acids is 1. The molecule has 21 heavy (non-hydrogen) atoms. The molecule has 0 fully saturated rings. The standard InChI is InChI=1S/C14H6ClF3N2O/c15-8-1-2-19-14-11(8)7(5-20-14)13(21)6-3-9(16)12(18)10(17)4-6/h1-5H,(H,19,20). The van der Waals surface area contributed by atoms with Crippen LogP contribution in [-0.4, -0.2) is 15.8 Å². The highest BCUT2D eigenvalue weighted by atomic mass is 35.5. The van der Waals surface area contributed by atoms with Gasteiger partial charge in [-0.05, 0) is 18.2 Å². The molecular weight excluding hydrogens is 305 g/mol. The molecule has 0 aliphatic rings. The highest BCUT2D eigenvalue weighted by Crippen LogP contribution is 2.27. The number of fused-ring (bicyclic) bond motifs is 1. The number of pyridine rings is 1. The number of aromatic nitrogens is 2. The van der Waals surface area contributed by atoms with Gasteiger partial charge < -0.3 is 4.98 Å². The van der Waals surface area contributed by atoms with Crippen LogP contribution in [0.2, 0.25) is 5.02 Å². The van der Waals surface area contributed by atoms with Gasteiger partial charge in [0, 0.05) is 23.3 Å². The fourth-order valence-corrected chi connectivity index (χ4v) is 2.29. The molecule has 1 N–H and O–H groups in total. The second-order valence-corrected chi connectivity index (χ2v) is 4.71. The highest BCUT2D eigenvalue weighted by Gasteiger charge is 2.20. The van der Waals surface area contributed by atoms with Crippen molar-refractivity contribution in [3.63, 3.8) is 0 Å². The maximum absolute atomic E-state index is 13.2. The van der Waals surface area contributed by atoms with Gasteiger partial charge >= 0.3 is 0 Å². The zero-order chi connectivity index (χ0) is 15.1. The number of hydrogen-bond acceptors (Lipinski definition) is 2. The van der Waals surface area contributed by atoms with Gasteiger partial charge in [0.25, 0.3) is 0 Å². The number of aromatic amines is 1. The number of H-pyrrole nitrogens is 1. The Morgan fingerprint density at radius 2 is 1.86 bits per heavy atom. The molecule has 0 aliphatic heterocycles. The molecule has 0 radical (unpaired) electrons. The van der Waals surface area contributed by atoms with Gasteiger partial charge in [0.05, 0.1) is 10.6 Å². The van der Waals surface area contributed by atoms with Crippen LogP contribution in [0.3, 0.4) is 0 Å². The van der Waals surface area contributed by atoms with Crippen LogP contribution >= 0.6 is 11.6 Å². The van der Waals surface area contributed by atoms with E-state index >= 15 is 0 Å². The average molecular weight is 311 g/mol. The van der Waals surface area contributed by atoms with Crippen molar-refractivity contribution >= 4 is 28.4 Å². The normalized spacial score (nSPS) is 11.0. The van der Waals surface area contributed by atoms with Gasteiger partial charge in [0.15, 0.2) is 23.2 Å². The summed E-state index contributed by atoms with van der Waals surface area (Å²) in [7, 11) is 0. The van der Waals surface area contributed by atoms with Crippen LogP contribution in [0.1, 0.15) is 15.9 Å². The first-order chi connectivity index (χ1) is 9.99. The van der Waals surface area contributed by atoms with Gasteiger partial charge in [-0.25, -0.2) is 18.2 Å². The summed E-state index contributed by atoms with van der Waals surface area (Å²) < 4.78 is 39.4. The van der Waals surface area contributed by atoms with Crippen LogP contribution in [0, 0.1) is 17.5 Å². The molecule has 3 aromatic rings. The van der Waals surface area contributed by atoms with E-state index in [0.29, 0.717) is 23.2 Å². The lowest BCUT2D eigenvalue weighted by Crippen LogP contribution is -2.04. The van der Waals surface area contributed by atoms with Gasteiger partial charge in [0.1, 0.15) is 5.65 Å². The topological polar surface area (TPSA) is 45.8 Å². The molecule has 0 aliphatic carbocycles. The Morgan fingerprint density at radius 3 is 2.52 bits per heavy atom. The highest BCUT2D eigenvalue weighted by molar-refractivity contribution is 6.37. The molecule has 0 spiro atoms. The first-order valence-electron chi connectivity index (χ1n) is 5.80. The van der Waals surface area contributed by atoms with Crippen molar-refractivity contribution in [2.24, 2.45) is 0 Å². The fraction of sp³-hybridized carbons (Fsp3) is 0. The summed E-state index contributed by atoms with van der Waals surface area (Å²) in [5.74, 6) is -5.16. The van der Waals surface area contributed by atoms with Crippen molar-refractivity contribution in [1.29, 1.82) is 0 Å². The molecule has 2 aromatic heterocycles. The van der Waals surface area contributed by atoms with E-state index in [0.717, 1.165) is 0 Å². The minimum Gasteiger partial charge on any atom is -0.345 e. The van der Waals surface area contributed by atoms with Crippen molar-refractivity contribution in [1.82, 2.24) is 9.97 Å². The summed E-state index contributed by atoms with van der Waals surface area (Å²) in [5, 5.41) is 0.613. The van der Waals surface area contributed by atoms with Crippen LogP contribution in [0.5, 0.6) is 0 Å². The molecule has 0 amide bonds. The first-order valence-corrected chi connectivity index (χ1v) is 6.17. The van der Waals surface area contributed by atoms with Crippen molar-refractivity contribution in [2.45, 2.75) is 0 Å². The number of nitrogens with zero attached hydrogens (tertiary/aromatic N) is 1. The van der Waals surface area contributed by atoms with Crippen LogP contribution < -0.4 is 0 Å². The van der Waals surface area contributed by atoms with Gasteiger partial charge in [-0.15, -0.1) is 0 Å². The number of ketones is 1. The third-order valence-electron chi connectivity index (χ3n) is 3.01. The van der Waals surface area contributed by atoms with Crippen LogP contribution in [0.25, 0.3) is 11.0 Å². The Morgan fingerprint density at radius 1 is 1.19 bits per heavy atom. The van der Waals surface area contributed by atoms with E-state index in [9.17, 15) is 18.0 Å². The molecule has 0 atom stereocenters. The number of carbonyl (C=O) groups is 1. The van der Waals surface area contributed by atoms with Crippen molar-refractivity contribution < 1.29 is 18.0 Å². The minimum absolute atomic E-state index is 0.105. The van der Waals surface area contributed by atoms with E-state index in [1.807, 2.05) is 0 Å². The monoisotopic (exact) mass is 310 g/mol. The van der Waals surface area contributed by atoms with Crippen molar-refractivity contribution in [3.8, 4) is 0 Å². The van der Waals surface area contributed by atoms with E-state index < -0.39 is 23.2 Å². The summed E-state index contributed by atoms with van der Waals surface area (Å²) in [6, 6.07) is 2.77. The average Bonchev–Trinajstić information content (AvgIpc) is 2.89. The maximum Gasteiger partial charge on any atom is 0.195 e. The Hall–Kier alpha value is -2.34. The van der Waals surface area contributed by atoms with E-state index in [-0.39, 0.29) is 16.1 Å². The maximum atomic E-state index is 13.2. The first kappa shape index (κ1) is 13.6. The molecular formula is C14H6ClF3N2O. The largest absolute Gasteiger partial charge is 0.345 e. The van der Waals surface area contributed by atoms with Crippen LogP contribution in [0.15, 0.2) is 30.6 Å². The lowest BCUT2D eigenvalue weighted by Gasteiger charge is -2.03.